The number of aromatic nitrogens is 2. The third-order valence-electron chi connectivity index (χ3n) is 5.35. The van der Waals surface area contributed by atoms with Crippen molar-refractivity contribution in [3.05, 3.63) is 53.5 Å². The first-order valence-electron chi connectivity index (χ1n) is 10.2. The van der Waals surface area contributed by atoms with Gasteiger partial charge in [0.15, 0.2) is 5.78 Å². The van der Waals surface area contributed by atoms with Crippen molar-refractivity contribution in [2.24, 2.45) is 0 Å². The Balaban J connectivity index is 1.85. The summed E-state index contributed by atoms with van der Waals surface area (Å²) in [5.41, 5.74) is 2.81. The highest BCUT2D eigenvalue weighted by atomic mass is 19.1. The van der Waals surface area contributed by atoms with E-state index in [1.807, 2.05) is 0 Å². The monoisotopic (exact) mass is 454 g/mol. The van der Waals surface area contributed by atoms with Gasteiger partial charge in [-0.1, -0.05) is 6.08 Å². The van der Waals surface area contributed by atoms with Gasteiger partial charge >= 0.3 is 6.09 Å². The topological polar surface area (TPSA) is 132 Å². The molecule has 0 saturated carbocycles. The van der Waals surface area contributed by atoms with Crippen molar-refractivity contribution >= 4 is 29.3 Å². The normalized spacial score (nSPS) is 17.3. The Bertz CT molecular complexity index is 1200. The number of rotatable bonds is 4. The number of anilines is 2. The molecule has 1 atom stereocenters. The lowest BCUT2D eigenvalue weighted by molar-refractivity contribution is -0.114. The number of hydrogen-bond acceptors (Lipinski definition) is 7. The molecule has 2 aromatic rings. The van der Waals surface area contributed by atoms with Gasteiger partial charge in [0.1, 0.15) is 12.0 Å². The zero-order valence-electron chi connectivity index (χ0n) is 18.1. The van der Waals surface area contributed by atoms with Gasteiger partial charge < -0.3 is 21.2 Å². The number of carbonyl (C=O) groups is 3. The first kappa shape index (κ1) is 22.1. The highest BCUT2D eigenvalue weighted by molar-refractivity contribution is 6.09. The van der Waals surface area contributed by atoms with Crippen LogP contribution in [0.25, 0.3) is 11.3 Å². The number of nitrogens with two attached hydrogens (primary N) is 1. The SMILES string of the molecule is COC(=O)N1CC(=O)c2c(NC3=CCC(F)C=C3)c(-c3ccnc(NC(C)=O)c3)n(N)c2C1. The quantitative estimate of drug-likeness (QED) is 0.605. The van der Waals surface area contributed by atoms with Gasteiger partial charge in [-0.15, -0.1) is 0 Å². The molecule has 0 bridgehead atoms. The number of nitrogens with zero attached hydrogens (tertiary/aromatic N) is 3. The summed E-state index contributed by atoms with van der Waals surface area (Å²) in [6, 6.07) is 3.31. The second kappa shape index (κ2) is 8.77. The maximum Gasteiger partial charge on any atom is 0.410 e. The summed E-state index contributed by atoms with van der Waals surface area (Å²) in [5.74, 6) is 6.14. The van der Waals surface area contributed by atoms with E-state index in [9.17, 15) is 18.8 Å². The van der Waals surface area contributed by atoms with E-state index in [-0.39, 0.29) is 31.2 Å². The lowest BCUT2D eigenvalue weighted by atomic mass is 10.0. The highest BCUT2D eigenvalue weighted by Crippen LogP contribution is 2.39. The number of Topliss-reactive ketones (excluding diaryl/α,β-unsaturated/α-hetero) is 1. The van der Waals surface area contributed by atoms with Gasteiger partial charge in [0.2, 0.25) is 5.91 Å². The number of carbonyl (C=O) groups excluding carboxylic acids is 3. The number of pyridine rings is 1. The minimum Gasteiger partial charge on any atom is -0.453 e. The van der Waals surface area contributed by atoms with E-state index in [0.29, 0.717) is 39.7 Å². The molecule has 4 rings (SSSR count). The van der Waals surface area contributed by atoms with Crippen LogP contribution in [0.3, 0.4) is 0 Å². The zero-order chi connectivity index (χ0) is 23.7. The van der Waals surface area contributed by atoms with Gasteiger partial charge in [0, 0.05) is 30.8 Å². The molecule has 10 nitrogen and oxygen atoms in total. The second-order valence-corrected chi connectivity index (χ2v) is 7.67. The number of alkyl halides is 1. The molecule has 1 aliphatic heterocycles. The average Bonchev–Trinajstić information content (AvgIpc) is 3.06. The molecule has 0 spiro atoms. The number of hydrogen-bond donors (Lipinski definition) is 3. The Morgan fingerprint density at radius 3 is 2.79 bits per heavy atom. The number of ketones is 1. The van der Waals surface area contributed by atoms with Crippen molar-refractivity contribution in [2.75, 3.05) is 30.1 Å². The van der Waals surface area contributed by atoms with Crippen LogP contribution in [0.2, 0.25) is 0 Å². The van der Waals surface area contributed by atoms with Crippen molar-refractivity contribution in [3.8, 4) is 11.3 Å². The number of fused-ring (bicyclic) bond motifs is 1. The highest BCUT2D eigenvalue weighted by Gasteiger charge is 2.35. The van der Waals surface area contributed by atoms with Crippen LogP contribution in [0.5, 0.6) is 0 Å². The molecule has 11 heteroatoms. The number of nitrogen functional groups attached to an aromatic ring is 1. The van der Waals surface area contributed by atoms with Gasteiger partial charge in [-0.05, 0) is 24.3 Å². The largest absolute Gasteiger partial charge is 0.453 e. The predicted molar refractivity (Wildman–Crippen MR) is 120 cm³/mol. The van der Waals surface area contributed by atoms with Crippen molar-refractivity contribution in [1.82, 2.24) is 14.6 Å². The van der Waals surface area contributed by atoms with Gasteiger partial charge in [-0.2, -0.15) is 0 Å². The smallest absolute Gasteiger partial charge is 0.410 e. The number of methoxy groups -OCH3 is 1. The van der Waals surface area contributed by atoms with E-state index in [2.05, 4.69) is 15.6 Å². The van der Waals surface area contributed by atoms with Crippen LogP contribution in [-0.4, -0.2) is 52.2 Å². The van der Waals surface area contributed by atoms with E-state index >= 15 is 0 Å². The minimum atomic E-state index is -1.07. The molecule has 4 N–H and O–H groups in total. The number of halogens is 1. The first-order chi connectivity index (χ1) is 15.8. The Hall–Kier alpha value is -4.15. The summed E-state index contributed by atoms with van der Waals surface area (Å²) in [7, 11) is 1.24. The van der Waals surface area contributed by atoms with E-state index in [0.717, 1.165) is 0 Å². The molecule has 172 valence electrons. The first-order valence-corrected chi connectivity index (χ1v) is 10.2. The zero-order valence-corrected chi connectivity index (χ0v) is 18.1. The van der Waals surface area contributed by atoms with Gasteiger partial charge in [0.05, 0.1) is 42.8 Å². The van der Waals surface area contributed by atoms with Crippen LogP contribution in [0.15, 0.2) is 42.3 Å². The van der Waals surface area contributed by atoms with Crippen LogP contribution in [0.1, 0.15) is 29.4 Å². The Morgan fingerprint density at radius 2 is 2.12 bits per heavy atom. The summed E-state index contributed by atoms with van der Waals surface area (Å²) in [6.07, 6.45) is 4.71. The fraction of sp³-hybridized carbons (Fsp3) is 0.273. The summed E-state index contributed by atoms with van der Waals surface area (Å²) in [4.78, 5) is 42.1. The Labute approximate surface area is 188 Å². The number of amides is 2. The Kier molecular flexibility index (Phi) is 5.86. The van der Waals surface area contributed by atoms with Gasteiger partial charge in [0.25, 0.3) is 0 Å². The molecule has 0 fully saturated rings. The lowest BCUT2D eigenvalue weighted by Gasteiger charge is -2.25. The molecule has 2 aliphatic rings. The number of allylic oxidation sites excluding steroid dienone is 3. The van der Waals surface area contributed by atoms with Gasteiger partial charge in [-0.3, -0.25) is 19.2 Å². The van der Waals surface area contributed by atoms with E-state index < -0.39 is 12.3 Å². The summed E-state index contributed by atoms with van der Waals surface area (Å²) < 4.78 is 19.7. The fourth-order valence-corrected chi connectivity index (χ4v) is 3.90. The van der Waals surface area contributed by atoms with E-state index in [4.69, 9.17) is 10.6 Å². The van der Waals surface area contributed by atoms with Crippen LogP contribution < -0.4 is 16.5 Å². The number of ether oxygens (including phenoxy) is 1. The molecule has 0 saturated heterocycles. The molecular weight excluding hydrogens is 431 g/mol. The van der Waals surface area contributed by atoms with Crippen molar-refractivity contribution < 1.29 is 23.5 Å². The third-order valence-corrected chi connectivity index (χ3v) is 5.35. The van der Waals surface area contributed by atoms with Crippen LogP contribution in [0.4, 0.5) is 20.7 Å². The molecule has 2 aromatic heterocycles. The lowest BCUT2D eigenvalue weighted by Crippen LogP contribution is -2.40. The van der Waals surface area contributed by atoms with Crippen molar-refractivity contribution in [2.45, 2.75) is 26.1 Å². The maximum atomic E-state index is 13.6. The van der Waals surface area contributed by atoms with Crippen molar-refractivity contribution in [1.29, 1.82) is 0 Å². The van der Waals surface area contributed by atoms with Crippen molar-refractivity contribution in [3.63, 3.8) is 0 Å². The molecule has 1 unspecified atom stereocenters. The molecule has 0 aromatic carbocycles. The van der Waals surface area contributed by atoms with Crippen LogP contribution >= 0.6 is 0 Å². The van der Waals surface area contributed by atoms with Crippen LogP contribution in [-0.2, 0) is 16.1 Å². The molecule has 2 amide bonds. The third kappa shape index (κ3) is 4.29. The van der Waals surface area contributed by atoms with E-state index in [1.165, 1.54) is 35.9 Å². The standard InChI is InChI=1S/C22H23FN6O4/c1-12(30)26-18-9-13(7-8-25-18)21-20(27-15-5-3-14(23)4-6-15)19-16(29(21)24)10-28(11-17(19)31)22(32)33-2/h3,5-9,14,27H,4,10-11,24H2,1-2H3,(H,25,26,30). The summed E-state index contributed by atoms with van der Waals surface area (Å²) >= 11 is 0. The fourth-order valence-electron chi connectivity index (χ4n) is 3.90. The van der Waals surface area contributed by atoms with Gasteiger partial charge in [-0.25, -0.2) is 14.2 Å². The predicted octanol–water partition coefficient (Wildman–Crippen LogP) is 2.58. The number of nitrogens with one attached hydrogen (secondary N) is 2. The average molecular weight is 454 g/mol. The summed E-state index contributed by atoms with van der Waals surface area (Å²) in [6.45, 7) is 1.25. The summed E-state index contributed by atoms with van der Waals surface area (Å²) in [5, 5.41) is 5.83. The minimum absolute atomic E-state index is 0.0595. The molecule has 1 aliphatic carbocycles. The molecule has 33 heavy (non-hydrogen) atoms. The molecule has 0 radical (unpaired) electrons. The molecular formula is C22H23FN6O4. The van der Waals surface area contributed by atoms with Crippen LogP contribution in [0, 0.1) is 0 Å². The molecule has 3 heterocycles. The van der Waals surface area contributed by atoms with E-state index in [1.54, 1.807) is 24.3 Å². The second-order valence-electron chi connectivity index (χ2n) is 7.67. The Morgan fingerprint density at radius 1 is 1.33 bits per heavy atom. The maximum absolute atomic E-state index is 13.6.